The Bertz CT molecular complexity index is 1020. The van der Waals surface area contributed by atoms with Crippen LogP contribution in [0.3, 0.4) is 0 Å². The number of carbonyl (C=O) groups excluding carboxylic acids is 1. The first-order valence-corrected chi connectivity index (χ1v) is 10.5. The van der Waals surface area contributed by atoms with Crippen LogP contribution in [0.1, 0.15) is 40.6 Å². The van der Waals surface area contributed by atoms with Crippen LogP contribution in [0.15, 0.2) is 22.8 Å². The number of nitrogens with one attached hydrogen (secondary N) is 1. The minimum absolute atomic E-state index is 0.0309. The molecular formula is C21H23N3O2S. The van der Waals surface area contributed by atoms with Crippen LogP contribution in [0, 0.1) is 0 Å². The second-order valence-electron chi connectivity index (χ2n) is 7.46. The lowest BCUT2D eigenvalue weighted by atomic mass is 10.0. The van der Waals surface area contributed by atoms with E-state index < -0.39 is 0 Å². The van der Waals surface area contributed by atoms with E-state index in [4.69, 9.17) is 4.42 Å². The fourth-order valence-electron chi connectivity index (χ4n) is 4.19. The fraction of sp³-hybridized carbons (Fsp3) is 0.429. The molecule has 0 radical (unpaired) electrons. The van der Waals surface area contributed by atoms with E-state index in [0.717, 1.165) is 66.3 Å². The van der Waals surface area contributed by atoms with Gasteiger partial charge in [0.2, 0.25) is 5.91 Å². The molecule has 0 saturated heterocycles. The van der Waals surface area contributed by atoms with Gasteiger partial charge in [-0.05, 0) is 49.1 Å². The zero-order valence-electron chi connectivity index (χ0n) is 15.5. The van der Waals surface area contributed by atoms with Crippen LogP contribution in [-0.4, -0.2) is 28.9 Å². The number of nitrogens with zero attached hydrogens (tertiary/aromatic N) is 2. The van der Waals surface area contributed by atoms with Gasteiger partial charge in [0, 0.05) is 35.3 Å². The highest BCUT2D eigenvalue weighted by Gasteiger charge is 2.21. The number of thiazole rings is 1. The molecule has 2 aromatic heterocycles. The molecule has 0 bridgehead atoms. The van der Waals surface area contributed by atoms with Gasteiger partial charge in [-0.1, -0.05) is 6.92 Å². The van der Waals surface area contributed by atoms with Gasteiger partial charge >= 0.3 is 0 Å². The average molecular weight is 382 g/mol. The molecule has 3 aromatic rings. The van der Waals surface area contributed by atoms with Crippen molar-refractivity contribution in [2.75, 3.05) is 18.4 Å². The van der Waals surface area contributed by atoms with Crippen LogP contribution in [0.2, 0.25) is 0 Å². The summed E-state index contributed by atoms with van der Waals surface area (Å²) in [6.07, 6.45) is 6.48. The molecule has 2 aliphatic rings. The molecule has 27 heavy (non-hydrogen) atoms. The molecule has 1 amide bonds. The number of aryl methyl sites for hydroxylation is 2. The Hall–Kier alpha value is -2.18. The summed E-state index contributed by atoms with van der Waals surface area (Å²) in [6, 6.07) is 4.36. The highest BCUT2D eigenvalue weighted by atomic mass is 32.1. The monoisotopic (exact) mass is 381 g/mol. The van der Waals surface area contributed by atoms with Gasteiger partial charge in [-0.3, -0.25) is 9.69 Å². The fourth-order valence-corrected chi connectivity index (χ4v) is 5.26. The van der Waals surface area contributed by atoms with E-state index in [2.05, 4.69) is 34.3 Å². The summed E-state index contributed by atoms with van der Waals surface area (Å²) in [6.45, 7) is 5.22. The number of hydrogen-bond donors (Lipinski definition) is 1. The Kier molecular flexibility index (Phi) is 4.25. The maximum Gasteiger partial charge on any atom is 0.230 e. The average Bonchev–Trinajstić information content (AvgIpc) is 3.37. The van der Waals surface area contributed by atoms with Gasteiger partial charge in [0.1, 0.15) is 5.58 Å². The molecule has 0 spiro atoms. The van der Waals surface area contributed by atoms with E-state index in [1.165, 1.54) is 22.4 Å². The second-order valence-corrected chi connectivity index (χ2v) is 8.55. The normalized spacial score (nSPS) is 16.5. The van der Waals surface area contributed by atoms with Crippen molar-refractivity contribution in [1.82, 2.24) is 9.88 Å². The van der Waals surface area contributed by atoms with Gasteiger partial charge in [0.05, 0.1) is 18.4 Å². The van der Waals surface area contributed by atoms with E-state index in [-0.39, 0.29) is 5.91 Å². The SMILES string of the molecule is CCN1CCc2nc(NC(=O)Cc3coc4cc5c(cc34)CCC5)sc2C1. The molecule has 1 aromatic carbocycles. The molecule has 6 heteroatoms. The lowest BCUT2D eigenvalue weighted by Gasteiger charge is -2.23. The van der Waals surface area contributed by atoms with Crippen LogP contribution < -0.4 is 5.32 Å². The molecule has 1 aliphatic heterocycles. The van der Waals surface area contributed by atoms with Crippen molar-refractivity contribution >= 4 is 33.3 Å². The van der Waals surface area contributed by atoms with E-state index in [1.807, 2.05) is 0 Å². The Morgan fingerprint density at radius 1 is 1.30 bits per heavy atom. The summed E-state index contributed by atoms with van der Waals surface area (Å²) in [5.74, 6) is -0.0309. The number of anilines is 1. The Balaban J connectivity index is 1.32. The van der Waals surface area contributed by atoms with Gasteiger partial charge in [0.25, 0.3) is 0 Å². The highest BCUT2D eigenvalue weighted by Crippen LogP contribution is 2.31. The predicted molar refractivity (Wildman–Crippen MR) is 107 cm³/mol. The van der Waals surface area contributed by atoms with E-state index in [1.54, 1.807) is 17.6 Å². The van der Waals surface area contributed by atoms with Crippen LogP contribution in [0.4, 0.5) is 5.13 Å². The number of hydrogen-bond acceptors (Lipinski definition) is 5. The minimum atomic E-state index is -0.0309. The largest absolute Gasteiger partial charge is 0.464 e. The maximum absolute atomic E-state index is 12.6. The highest BCUT2D eigenvalue weighted by molar-refractivity contribution is 7.15. The van der Waals surface area contributed by atoms with Gasteiger partial charge < -0.3 is 9.73 Å². The smallest absolute Gasteiger partial charge is 0.230 e. The first-order valence-electron chi connectivity index (χ1n) is 9.72. The maximum atomic E-state index is 12.6. The number of furan rings is 1. The third kappa shape index (κ3) is 3.17. The zero-order valence-corrected chi connectivity index (χ0v) is 16.3. The van der Waals surface area contributed by atoms with Crippen molar-refractivity contribution in [2.45, 2.75) is 45.6 Å². The first kappa shape index (κ1) is 17.0. The Labute approximate surface area is 162 Å². The van der Waals surface area contributed by atoms with Crippen molar-refractivity contribution < 1.29 is 9.21 Å². The molecule has 0 atom stereocenters. The third-order valence-corrected chi connectivity index (χ3v) is 6.72. The summed E-state index contributed by atoms with van der Waals surface area (Å²) in [4.78, 5) is 20.9. The number of rotatable bonds is 4. The lowest BCUT2D eigenvalue weighted by molar-refractivity contribution is -0.115. The quantitative estimate of drug-likeness (QED) is 0.744. The topological polar surface area (TPSA) is 58.4 Å². The molecule has 1 aliphatic carbocycles. The van der Waals surface area contributed by atoms with Gasteiger partial charge in [-0.15, -0.1) is 11.3 Å². The standard InChI is InChI=1S/C21H23N3O2S/c1-2-24-7-6-17-19(11-24)27-21(22-17)23-20(25)10-15-12-26-18-9-14-5-3-4-13(14)8-16(15)18/h8-9,12H,2-7,10-11H2,1H3,(H,22,23,25). The van der Waals surface area contributed by atoms with Crippen molar-refractivity contribution in [3.05, 3.63) is 45.7 Å². The molecule has 0 fully saturated rings. The molecular weight excluding hydrogens is 358 g/mol. The first-order chi connectivity index (χ1) is 13.2. The van der Waals surface area contributed by atoms with Crippen molar-refractivity contribution in [2.24, 2.45) is 0 Å². The summed E-state index contributed by atoms with van der Waals surface area (Å²) in [7, 11) is 0. The van der Waals surface area contributed by atoms with Gasteiger partial charge in [-0.2, -0.15) is 0 Å². The molecule has 0 unspecified atom stereocenters. The van der Waals surface area contributed by atoms with E-state index >= 15 is 0 Å². The molecule has 140 valence electrons. The van der Waals surface area contributed by atoms with Crippen molar-refractivity contribution in [3.63, 3.8) is 0 Å². The lowest BCUT2D eigenvalue weighted by Crippen LogP contribution is -2.29. The summed E-state index contributed by atoms with van der Waals surface area (Å²) in [5, 5.41) is 4.79. The number of benzene rings is 1. The molecule has 3 heterocycles. The number of likely N-dealkylation sites (N-methyl/N-ethyl adjacent to an activating group) is 1. The number of aromatic nitrogens is 1. The minimum Gasteiger partial charge on any atom is -0.464 e. The summed E-state index contributed by atoms with van der Waals surface area (Å²) in [5.41, 5.74) is 5.78. The van der Waals surface area contributed by atoms with Crippen LogP contribution in [-0.2, 0) is 37.0 Å². The molecule has 1 N–H and O–H groups in total. The third-order valence-electron chi connectivity index (χ3n) is 5.72. The summed E-state index contributed by atoms with van der Waals surface area (Å²) < 4.78 is 5.72. The van der Waals surface area contributed by atoms with Crippen LogP contribution >= 0.6 is 11.3 Å². The van der Waals surface area contributed by atoms with Crippen molar-refractivity contribution in [1.29, 1.82) is 0 Å². The predicted octanol–water partition coefficient (Wildman–Crippen LogP) is 3.94. The number of amides is 1. The number of carbonyl (C=O) groups is 1. The molecule has 0 saturated carbocycles. The van der Waals surface area contributed by atoms with Crippen LogP contribution in [0.5, 0.6) is 0 Å². The molecule has 5 rings (SSSR count). The van der Waals surface area contributed by atoms with Gasteiger partial charge in [-0.25, -0.2) is 4.98 Å². The summed E-state index contributed by atoms with van der Waals surface area (Å²) >= 11 is 1.61. The van der Waals surface area contributed by atoms with Gasteiger partial charge in [0.15, 0.2) is 5.13 Å². The zero-order chi connectivity index (χ0) is 18.4. The van der Waals surface area contributed by atoms with Crippen LogP contribution in [0.25, 0.3) is 11.0 Å². The van der Waals surface area contributed by atoms with Crippen molar-refractivity contribution in [3.8, 4) is 0 Å². The second kappa shape index (κ2) is 6.77. The number of fused-ring (bicyclic) bond motifs is 3. The van der Waals surface area contributed by atoms with E-state index in [9.17, 15) is 4.79 Å². The Morgan fingerprint density at radius 3 is 3.00 bits per heavy atom. The Morgan fingerprint density at radius 2 is 2.15 bits per heavy atom. The van der Waals surface area contributed by atoms with E-state index in [0.29, 0.717) is 6.42 Å². The molecule has 5 nitrogen and oxygen atoms in total.